The summed E-state index contributed by atoms with van der Waals surface area (Å²) in [5.41, 5.74) is 1.96. The average Bonchev–Trinajstić information content (AvgIpc) is 2.78. The molecule has 0 amide bonds. The van der Waals surface area contributed by atoms with Gasteiger partial charge in [0.2, 0.25) is 0 Å². The maximum absolute atomic E-state index is 13.1. The van der Waals surface area contributed by atoms with Gasteiger partial charge in [-0.2, -0.15) is 0 Å². The molecule has 0 spiro atoms. The normalized spacial score (nSPS) is 15.1. The van der Waals surface area contributed by atoms with Gasteiger partial charge in [-0.15, -0.1) is 0 Å². The van der Waals surface area contributed by atoms with E-state index in [4.69, 9.17) is 16.3 Å². The second-order valence-electron chi connectivity index (χ2n) is 7.64. The van der Waals surface area contributed by atoms with Gasteiger partial charge in [0, 0.05) is 21.7 Å². The van der Waals surface area contributed by atoms with E-state index in [0.717, 1.165) is 16.7 Å². The molecular formula is C26H27ClO3. The van der Waals surface area contributed by atoms with E-state index in [1.54, 1.807) is 6.07 Å². The van der Waals surface area contributed by atoms with Crippen molar-refractivity contribution in [3.63, 3.8) is 0 Å². The predicted octanol–water partition coefficient (Wildman–Crippen LogP) is 5.89. The van der Waals surface area contributed by atoms with E-state index in [1.807, 2.05) is 93.6 Å². The van der Waals surface area contributed by atoms with Gasteiger partial charge in [-0.1, -0.05) is 110 Å². The summed E-state index contributed by atoms with van der Waals surface area (Å²) in [7, 11) is 0. The first-order valence-electron chi connectivity index (χ1n) is 10.2. The number of esters is 1. The number of ether oxygens (including phenoxy) is 1. The zero-order chi connectivity index (χ0) is 21.7. The van der Waals surface area contributed by atoms with Crippen LogP contribution in [-0.4, -0.2) is 17.2 Å². The number of aliphatic hydroxyl groups excluding tert-OH is 1. The van der Waals surface area contributed by atoms with Gasteiger partial charge in [0.15, 0.2) is 11.7 Å². The van der Waals surface area contributed by atoms with Crippen molar-refractivity contribution in [1.29, 1.82) is 0 Å². The molecule has 0 aliphatic carbocycles. The first-order valence-corrected chi connectivity index (χ1v) is 10.6. The van der Waals surface area contributed by atoms with Gasteiger partial charge in [0.25, 0.3) is 0 Å². The molecule has 0 aliphatic heterocycles. The molecule has 30 heavy (non-hydrogen) atoms. The summed E-state index contributed by atoms with van der Waals surface area (Å²) in [5, 5.41) is 11.1. The highest BCUT2D eigenvalue weighted by molar-refractivity contribution is 6.31. The molecule has 0 saturated carbocycles. The highest BCUT2D eigenvalue weighted by Crippen LogP contribution is 2.44. The summed E-state index contributed by atoms with van der Waals surface area (Å²) in [6.45, 7) is 5.76. The van der Waals surface area contributed by atoms with Crippen LogP contribution in [0.15, 0.2) is 78.9 Å². The lowest BCUT2D eigenvalue weighted by Gasteiger charge is -2.37. The fourth-order valence-corrected chi connectivity index (χ4v) is 3.79. The Labute approximate surface area is 183 Å². The van der Waals surface area contributed by atoms with E-state index in [9.17, 15) is 9.90 Å². The molecule has 3 atom stereocenters. The highest BCUT2D eigenvalue weighted by Gasteiger charge is 2.43. The van der Waals surface area contributed by atoms with Crippen LogP contribution in [0, 0.1) is 12.8 Å². The van der Waals surface area contributed by atoms with Crippen molar-refractivity contribution in [1.82, 2.24) is 0 Å². The third-order valence-corrected chi connectivity index (χ3v) is 5.90. The Morgan fingerprint density at radius 2 is 1.53 bits per heavy atom. The molecule has 2 unspecified atom stereocenters. The van der Waals surface area contributed by atoms with Crippen molar-refractivity contribution in [3.8, 4) is 0 Å². The van der Waals surface area contributed by atoms with Crippen LogP contribution in [0.4, 0.5) is 0 Å². The summed E-state index contributed by atoms with van der Waals surface area (Å²) in [6, 6.07) is 24.7. The second-order valence-corrected chi connectivity index (χ2v) is 8.05. The minimum Gasteiger partial charge on any atom is -0.442 e. The zero-order valence-corrected chi connectivity index (χ0v) is 18.3. The van der Waals surface area contributed by atoms with Crippen LogP contribution in [0.1, 0.15) is 42.5 Å². The minimum absolute atomic E-state index is 0.227. The van der Waals surface area contributed by atoms with Gasteiger partial charge in [-0.05, 0) is 18.9 Å². The molecule has 0 bridgehead atoms. The van der Waals surface area contributed by atoms with E-state index in [1.165, 1.54) is 0 Å². The van der Waals surface area contributed by atoms with Crippen molar-refractivity contribution < 1.29 is 14.6 Å². The summed E-state index contributed by atoms with van der Waals surface area (Å²) in [4.78, 5) is 13.1. The van der Waals surface area contributed by atoms with Crippen LogP contribution in [0.3, 0.4) is 0 Å². The monoisotopic (exact) mass is 422 g/mol. The van der Waals surface area contributed by atoms with Gasteiger partial charge >= 0.3 is 5.97 Å². The largest absolute Gasteiger partial charge is 0.442 e. The van der Waals surface area contributed by atoms with Gasteiger partial charge in [-0.3, -0.25) is 0 Å². The molecule has 0 fully saturated rings. The summed E-state index contributed by atoms with van der Waals surface area (Å²) < 4.78 is 6.23. The molecule has 3 rings (SSSR count). The highest BCUT2D eigenvalue weighted by atomic mass is 35.5. The molecule has 3 aromatic carbocycles. The zero-order valence-electron chi connectivity index (χ0n) is 17.5. The smallest absolute Gasteiger partial charge is 0.336 e. The quantitative estimate of drug-likeness (QED) is 0.381. The first kappa shape index (κ1) is 22.1. The number of aliphatic hydroxyl groups is 1. The topological polar surface area (TPSA) is 46.5 Å². The molecule has 0 radical (unpaired) electrons. The van der Waals surface area contributed by atoms with E-state index >= 15 is 0 Å². The van der Waals surface area contributed by atoms with E-state index in [-0.39, 0.29) is 5.92 Å². The van der Waals surface area contributed by atoms with Crippen molar-refractivity contribution in [2.75, 3.05) is 0 Å². The lowest BCUT2D eigenvalue weighted by molar-refractivity contribution is -0.166. The van der Waals surface area contributed by atoms with E-state index in [2.05, 4.69) is 0 Å². The Morgan fingerprint density at radius 3 is 2.13 bits per heavy atom. The second kappa shape index (κ2) is 9.46. The number of hydrogen-bond acceptors (Lipinski definition) is 3. The molecule has 3 aromatic rings. The fraction of sp³-hybridized carbons (Fsp3) is 0.269. The lowest BCUT2D eigenvalue weighted by Crippen LogP contribution is -2.40. The van der Waals surface area contributed by atoms with Crippen LogP contribution < -0.4 is 0 Å². The Balaban J connectivity index is 2.28. The Kier molecular flexibility index (Phi) is 6.96. The first-order chi connectivity index (χ1) is 14.4. The van der Waals surface area contributed by atoms with Crippen molar-refractivity contribution in [2.45, 2.75) is 38.9 Å². The van der Waals surface area contributed by atoms with Crippen molar-refractivity contribution >= 4 is 17.6 Å². The molecule has 4 heteroatoms. The van der Waals surface area contributed by atoms with Crippen molar-refractivity contribution in [3.05, 3.63) is 106 Å². The average molecular weight is 423 g/mol. The van der Waals surface area contributed by atoms with E-state index < -0.39 is 17.7 Å². The molecule has 1 N–H and O–H groups in total. The molecule has 0 aromatic heterocycles. The molecule has 0 heterocycles. The number of hydrogen-bond donors (Lipinski definition) is 1. The molecule has 3 nitrogen and oxygen atoms in total. The summed E-state index contributed by atoms with van der Waals surface area (Å²) in [5.74, 6) is -0.899. The van der Waals surface area contributed by atoms with Gasteiger partial charge in [0.05, 0.1) is 0 Å². The summed E-state index contributed by atoms with van der Waals surface area (Å²) in [6.07, 6.45) is -0.573. The van der Waals surface area contributed by atoms with Crippen LogP contribution in [0.5, 0.6) is 0 Å². The standard InChI is InChI=1S/C26H27ClO3/c1-4-19(3)24(28)25(29)30-26(20-10-6-5-7-11-20,21-16-14-18(2)15-17-21)22-12-8-9-13-23(22)27/h5-17,19,24,28H,4H2,1-3H3/t19-,24?,26?/m0/s1. The Morgan fingerprint density at radius 1 is 0.967 bits per heavy atom. The maximum Gasteiger partial charge on any atom is 0.336 e. The van der Waals surface area contributed by atoms with Crippen LogP contribution in [-0.2, 0) is 15.1 Å². The van der Waals surface area contributed by atoms with Gasteiger partial charge < -0.3 is 9.84 Å². The molecule has 0 saturated heterocycles. The molecule has 156 valence electrons. The molecule has 0 aliphatic rings. The third-order valence-electron chi connectivity index (χ3n) is 5.57. The number of halogens is 1. The Bertz CT molecular complexity index is 985. The molecular weight excluding hydrogens is 396 g/mol. The predicted molar refractivity (Wildman–Crippen MR) is 121 cm³/mol. The number of benzene rings is 3. The fourth-order valence-electron chi connectivity index (χ4n) is 3.53. The number of rotatable bonds is 7. The number of aryl methyl sites for hydroxylation is 1. The SMILES string of the molecule is CC[C@H](C)C(O)C(=O)OC(c1ccccc1)(c1ccc(C)cc1)c1ccccc1Cl. The van der Waals surface area contributed by atoms with E-state index in [0.29, 0.717) is 17.0 Å². The van der Waals surface area contributed by atoms with Crippen LogP contribution >= 0.6 is 11.6 Å². The third kappa shape index (κ3) is 4.28. The van der Waals surface area contributed by atoms with Gasteiger partial charge in [0.1, 0.15) is 0 Å². The lowest BCUT2D eigenvalue weighted by atomic mass is 9.79. The minimum atomic E-state index is -1.29. The van der Waals surface area contributed by atoms with Crippen molar-refractivity contribution in [2.24, 2.45) is 5.92 Å². The number of carbonyl (C=O) groups excluding carboxylic acids is 1. The Hall–Kier alpha value is -2.62. The number of carbonyl (C=O) groups is 1. The van der Waals surface area contributed by atoms with Crippen LogP contribution in [0.2, 0.25) is 5.02 Å². The summed E-state index contributed by atoms with van der Waals surface area (Å²) >= 11 is 6.64. The van der Waals surface area contributed by atoms with Gasteiger partial charge in [-0.25, -0.2) is 4.79 Å². The maximum atomic E-state index is 13.1. The van der Waals surface area contributed by atoms with Crippen LogP contribution in [0.25, 0.3) is 0 Å².